The van der Waals surface area contributed by atoms with Crippen molar-refractivity contribution < 1.29 is 0 Å². The first-order valence-electron chi connectivity index (χ1n) is 6.79. The molecule has 112 valence electrons. The summed E-state index contributed by atoms with van der Waals surface area (Å²) in [6.07, 6.45) is 3.02. The number of hydrogen-bond acceptors (Lipinski definition) is 2. The molecule has 0 unspecified atom stereocenters. The largest absolute Gasteiger partial charge is 0.384 e. The predicted octanol–water partition coefficient (Wildman–Crippen LogP) is 3.17. The van der Waals surface area contributed by atoms with Crippen molar-refractivity contribution in [1.29, 1.82) is 10.8 Å². The first-order chi connectivity index (χ1) is 9.56. The molecule has 0 amide bonds. The number of fused-ring (bicyclic) bond motifs is 1. The first-order valence-corrected chi connectivity index (χ1v) is 6.79. The van der Waals surface area contributed by atoms with Gasteiger partial charge in [-0.15, -0.1) is 12.4 Å². The highest BCUT2D eigenvalue weighted by Crippen LogP contribution is 2.27. The summed E-state index contributed by atoms with van der Waals surface area (Å²) in [7, 11) is 0. The highest BCUT2D eigenvalue weighted by molar-refractivity contribution is 6.17. The van der Waals surface area contributed by atoms with E-state index in [2.05, 4.69) is 6.92 Å². The molecule has 0 bridgehead atoms. The number of benzene rings is 2. The lowest BCUT2D eigenvalue weighted by molar-refractivity contribution is 0.795. The van der Waals surface area contributed by atoms with Crippen LogP contribution < -0.4 is 11.5 Å². The van der Waals surface area contributed by atoms with Gasteiger partial charge in [-0.05, 0) is 23.8 Å². The van der Waals surface area contributed by atoms with Crippen molar-refractivity contribution in [2.75, 3.05) is 0 Å². The first kappa shape index (κ1) is 17.0. The maximum absolute atomic E-state index is 7.90. The number of unbranched alkanes of at least 4 members (excludes halogenated alkanes) is 1. The summed E-state index contributed by atoms with van der Waals surface area (Å²) in [6, 6.07) is 9.67. The smallest absolute Gasteiger partial charge is 0.123 e. The lowest BCUT2D eigenvalue weighted by Crippen LogP contribution is -2.18. The van der Waals surface area contributed by atoms with E-state index in [1.807, 2.05) is 24.3 Å². The van der Waals surface area contributed by atoms with Crippen molar-refractivity contribution in [3.05, 3.63) is 47.0 Å². The number of hydrogen-bond donors (Lipinski definition) is 4. The monoisotopic (exact) mass is 304 g/mol. The Bertz CT molecular complexity index is 679. The normalized spacial score (nSPS) is 10.1. The maximum atomic E-state index is 7.90. The van der Waals surface area contributed by atoms with Crippen molar-refractivity contribution in [2.45, 2.75) is 26.2 Å². The van der Waals surface area contributed by atoms with Crippen molar-refractivity contribution >= 4 is 34.9 Å². The number of halogens is 1. The standard InChI is InChI=1S/C16H20N4.ClH/c1-2-3-5-11-9-8-10-6-4-7-12(15(17)18)13(10)14(11)16(19)20;/h4,6-9H,2-3,5H2,1H3,(H3,17,18)(H3,19,20);1H. The summed E-state index contributed by atoms with van der Waals surface area (Å²) >= 11 is 0. The summed E-state index contributed by atoms with van der Waals surface area (Å²) in [5.74, 6) is 0.0427. The Labute approximate surface area is 131 Å². The molecule has 0 radical (unpaired) electrons. The molecule has 0 aliphatic carbocycles. The average molecular weight is 305 g/mol. The third-order valence-corrected chi connectivity index (χ3v) is 3.49. The molecule has 0 aliphatic rings. The van der Waals surface area contributed by atoms with Crippen LogP contribution in [0.3, 0.4) is 0 Å². The highest BCUT2D eigenvalue weighted by Gasteiger charge is 2.14. The van der Waals surface area contributed by atoms with E-state index in [1.54, 1.807) is 6.07 Å². The van der Waals surface area contributed by atoms with Crippen LogP contribution in [0.15, 0.2) is 30.3 Å². The number of nitrogen functional groups attached to an aromatic ring is 2. The molecule has 2 rings (SSSR count). The minimum atomic E-state index is 0. The Morgan fingerprint density at radius 3 is 2.33 bits per heavy atom. The molecular formula is C16H21ClN4. The van der Waals surface area contributed by atoms with Crippen molar-refractivity contribution in [3.8, 4) is 0 Å². The third-order valence-electron chi connectivity index (χ3n) is 3.49. The minimum Gasteiger partial charge on any atom is -0.384 e. The lowest BCUT2D eigenvalue weighted by Gasteiger charge is -2.14. The van der Waals surface area contributed by atoms with Gasteiger partial charge in [-0.1, -0.05) is 43.7 Å². The second-order valence-electron chi connectivity index (χ2n) is 4.93. The van der Waals surface area contributed by atoms with Crippen LogP contribution in [0.25, 0.3) is 10.8 Å². The number of rotatable bonds is 5. The van der Waals surface area contributed by atoms with Gasteiger partial charge in [0.05, 0.1) is 0 Å². The van der Waals surface area contributed by atoms with Crippen LogP contribution in [0.2, 0.25) is 0 Å². The lowest BCUT2D eigenvalue weighted by atomic mass is 9.92. The molecular weight excluding hydrogens is 284 g/mol. The number of nitrogens with two attached hydrogens (primary N) is 2. The zero-order valence-electron chi connectivity index (χ0n) is 12.1. The van der Waals surface area contributed by atoms with Gasteiger partial charge in [0.1, 0.15) is 11.7 Å². The van der Waals surface area contributed by atoms with Gasteiger partial charge in [0, 0.05) is 16.5 Å². The Hall–Kier alpha value is -2.07. The van der Waals surface area contributed by atoms with Gasteiger partial charge in [0.2, 0.25) is 0 Å². The van der Waals surface area contributed by atoms with Crippen molar-refractivity contribution in [1.82, 2.24) is 0 Å². The van der Waals surface area contributed by atoms with E-state index < -0.39 is 0 Å². The van der Waals surface area contributed by atoms with E-state index in [0.717, 1.165) is 41.2 Å². The SMILES string of the molecule is CCCCc1ccc2cccc(C(=N)N)c2c1C(=N)N.Cl. The quantitative estimate of drug-likeness (QED) is 0.504. The molecule has 6 N–H and O–H groups in total. The molecule has 2 aromatic rings. The summed E-state index contributed by atoms with van der Waals surface area (Å²) in [5.41, 5.74) is 13.9. The molecule has 0 atom stereocenters. The van der Waals surface area contributed by atoms with E-state index >= 15 is 0 Å². The zero-order chi connectivity index (χ0) is 14.7. The van der Waals surface area contributed by atoms with Gasteiger partial charge < -0.3 is 11.5 Å². The van der Waals surface area contributed by atoms with E-state index in [4.69, 9.17) is 22.3 Å². The minimum absolute atomic E-state index is 0. The zero-order valence-corrected chi connectivity index (χ0v) is 12.9. The Kier molecular flexibility index (Phi) is 5.73. The van der Waals surface area contributed by atoms with Crippen molar-refractivity contribution in [2.24, 2.45) is 11.5 Å². The van der Waals surface area contributed by atoms with Gasteiger partial charge in [-0.3, -0.25) is 10.8 Å². The molecule has 2 aromatic carbocycles. The summed E-state index contributed by atoms with van der Waals surface area (Å²) in [4.78, 5) is 0. The number of amidine groups is 2. The molecule has 0 saturated heterocycles. The molecule has 0 aliphatic heterocycles. The van der Waals surface area contributed by atoms with E-state index in [1.165, 1.54) is 0 Å². The molecule has 4 nitrogen and oxygen atoms in total. The summed E-state index contributed by atoms with van der Waals surface area (Å²) < 4.78 is 0. The summed E-state index contributed by atoms with van der Waals surface area (Å²) in [5, 5.41) is 17.4. The third kappa shape index (κ3) is 3.34. The van der Waals surface area contributed by atoms with Gasteiger partial charge in [-0.2, -0.15) is 0 Å². The Balaban J connectivity index is 0.00000220. The molecule has 0 saturated carbocycles. The van der Waals surface area contributed by atoms with Gasteiger partial charge in [0.25, 0.3) is 0 Å². The fourth-order valence-corrected chi connectivity index (χ4v) is 2.53. The fraction of sp³-hybridized carbons (Fsp3) is 0.250. The van der Waals surface area contributed by atoms with E-state index in [9.17, 15) is 0 Å². The second-order valence-corrected chi connectivity index (χ2v) is 4.93. The molecule has 5 heteroatoms. The van der Waals surface area contributed by atoms with E-state index in [0.29, 0.717) is 5.56 Å². The highest BCUT2D eigenvalue weighted by atomic mass is 35.5. The molecule has 0 aromatic heterocycles. The van der Waals surface area contributed by atoms with Crippen LogP contribution in [0.4, 0.5) is 0 Å². The van der Waals surface area contributed by atoms with Crippen LogP contribution >= 0.6 is 12.4 Å². The van der Waals surface area contributed by atoms with Crippen LogP contribution in [0.5, 0.6) is 0 Å². The van der Waals surface area contributed by atoms with Crippen LogP contribution in [-0.2, 0) is 6.42 Å². The molecule has 0 heterocycles. The van der Waals surface area contributed by atoms with Crippen LogP contribution in [0, 0.1) is 10.8 Å². The van der Waals surface area contributed by atoms with Gasteiger partial charge >= 0.3 is 0 Å². The van der Waals surface area contributed by atoms with Crippen LogP contribution in [-0.4, -0.2) is 11.7 Å². The molecule has 21 heavy (non-hydrogen) atoms. The Morgan fingerprint density at radius 2 is 1.76 bits per heavy atom. The number of nitrogens with one attached hydrogen (secondary N) is 2. The average Bonchev–Trinajstić information content (AvgIpc) is 2.43. The maximum Gasteiger partial charge on any atom is 0.123 e. The Morgan fingerprint density at radius 1 is 1.05 bits per heavy atom. The topological polar surface area (TPSA) is 99.7 Å². The number of aryl methyl sites for hydroxylation is 1. The van der Waals surface area contributed by atoms with Crippen LogP contribution in [0.1, 0.15) is 36.5 Å². The summed E-state index contributed by atoms with van der Waals surface area (Å²) in [6.45, 7) is 2.13. The van der Waals surface area contributed by atoms with Gasteiger partial charge in [-0.25, -0.2) is 0 Å². The molecule has 0 spiro atoms. The van der Waals surface area contributed by atoms with Gasteiger partial charge in [0.15, 0.2) is 0 Å². The fourth-order valence-electron chi connectivity index (χ4n) is 2.53. The molecule has 0 fully saturated rings. The predicted molar refractivity (Wildman–Crippen MR) is 91.8 cm³/mol. The van der Waals surface area contributed by atoms with E-state index in [-0.39, 0.29) is 24.1 Å². The second kappa shape index (κ2) is 7.09. The van der Waals surface area contributed by atoms with Crippen molar-refractivity contribution in [3.63, 3.8) is 0 Å².